The Morgan fingerprint density at radius 1 is 1.17 bits per heavy atom. The van der Waals surface area contributed by atoms with Crippen LogP contribution in [0.15, 0.2) is 53.3 Å². The van der Waals surface area contributed by atoms with E-state index >= 15 is 0 Å². The number of amides is 1. The summed E-state index contributed by atoms with van der Waals surface area (Å²) in [7, 11) is 0. The van der Waals surface area contributed by atoms with Crippen LogP contribution in [0.4, 0.5) is 10.5 Å². The van der Waals surface area contributed by atoms with Gasteiger partial charge in [-0.05, 0) is 36.4 Å². The molecule has 3 aromatic rings. The molecule has 0 saturated carbocycles. The zero-order chi connectivity index (χ0) is 16.2. The molecule has 1 heterocycles. The molecular weight excluding hydrogens is 336 g/mol. The first kappa shape index (κ1) is 15.6. The molecule has 0 spiro atoms. The number of nitrogens with zero attached hydrogens (tertiary/aromatic N) is 1. The normalized spacial score (nSPS) is 10.7. The zero-order valence-corrected chi connectivity index (χ0v) is 13.6. The molecule has 23 heavy (non-hydrogen) atoms. The average Bonchev–Trinajstić information content (AvgIpc) is 2.86. The van der Waals surface area contributed by atoms with E-state index < -0.39 is 6.09 Å². The largest absolute Gasteiger partial charge is 0.447 e. The Kier molecular flexibility index (Phi) is 4.64. The second kappa shape index (κ2) is 6.85. The molecule has 0 atom stereocenters. The number of aromatic nitrogens is 1. The number of benzene rings is 2. The molecule has 1 aromatic heterocycles. The van der Waals surface area contributed by atoms with Crippen LogP contribution in [0, 0.1) is 0 Å². The van der Waals surface area contributed by atoms with E-state index in [4.69, 9.17) is 16.3 Å². The molecule has 0 unspecified atom stereocenters. The molecule has 0 radical (unpaired) electrons. The van der Waals surface area contributed by atoms with Crippen LogP contribution in [-0.2, 0) is 11.3 Å². The molecule has 0 saturated heterocycles. The predicted octanol–water partition coefficient (Wildman–Crippen LogP) is 3.97. The van der Waals surface area contributed by atoms with Gasteiger partial charge in [0.25, 0.3) is 5.56 Å². The summed E-state index contributed by atoms with van der Waals surface area (Å²) in [6.45, 7) is 0.443. The number of fused-ring (bicyclic) bond motifs is 1. The summed E-state index contributed by atoms with van der Waals surface area (Å²) in [5, 5.41) is 3.87. The summed E-state index contributed by atoms with van der Waals surface area (Å²) >= 11 is 7.13. The lowest BCUT2D eigenvalue weighted by atomic mass is 10.3. The van der Waals surface area contributed by atoms with Gasteiger partial charge >= 0.3 is 6.09 Å². The molecule has 1 N–H and O–H groups in total. The summed E-state index contributed by atoms with van der Waals surface area (Å²) in [5.74, 6) is 0. The number of carbonyl (C=O) groups excluding carboxylic acids is 1. The monoisotopic (exact) mass is 348 g/mol. The highest BCUT2D eigenvalue weighted by Crippen LogP contribution is 2.16. The molecule has 2 aromatic carbocycles. The first-order chi connectivity index (χ1) is 11.1. The van der Waals surface area contributed by atoms with E-state index in [0.717, 1.165) is 4.70 Å². The second-order valence-corrected chi connectivity index (χ2v) is 6.26. The van der Waals surface area contributed by atoms with Gasteiger partial charge in [0.15, 0.2) is 0 Å². The third-order valence-electron chi connectivity index (χ3n) is 3.17. The predicted molar refractivity (Wildman–Crippen MR) is 92.5 cm³/mol. The van der Waals surface area contributed by atoms with Crippen LogP contribution in [0.2, 0.25) is 5.02 Å². The Balaban J connectivity index is 1.56. The molecule has 5 nitrogen and oxygen atoms in total. The number of halogens is 1. The quantitative estimate of drug-likeness (QED) is 0.776. The van der Waals surface area contributed by atoms with Crippen molar-refractivity contribution in [3.63, 3.8) is 0 Å². The van der Waals surface area contributed by atoms with Crippen LogP contribution in [0.25, 0.3) is 10.1 Å². The van der Waals surface area contributed by atoms with Crippen molar-refractivity contribution in [1.29, 1.82) is 0 Å². The maximum Gasteiger partial charge on any atom is 0.411 e. The van der Waals surface area contributed by atoms with E-state index in [-0.39, 0.29) is 12.2 Å². The molecule has 0 aliphatic rings. The molecule has 0 bridgehead atoms. The van der Waals surface area contributed by atoms with Crippen LogP contribution >= 0.6 is 23.1 Å². The van der Waals surface area contributed by atoms with Crippen LogP contribution in [-0.4, -0.2) is 16.7 Å². The van der Waals surface area contributed by atoms with E-state index in [1.165, 1.54) is 11.5 Å². The van der Waals surface area contributed by atoms with Crippen molar-refractivity contribution in [2.45, 2.75) is 6.54 Å². The van der Waals surface area contributed by atoms with Gasteiger partial charge in [-0.1, -0.05) is 35.3 Å². The minimum Gasteiger partial charge on any atom is -0.447 e. The first-order valence-electron chi connectivity index (χ1n) is 6.92. The Morgan fingerprint density at radius 3 is 2.65 bits per heavy atom. The van der Waals surface area contributed by atoms with Gasteiger partial charge in [-0.25, -0.2) is 4.79 Å². The summed E-state index contributed by atoms with van der Waals surface area (Å²) in [5.41, 5.74) is 0.533. The van der Waals surface area contributed by atoms with Crippen molar-refractivity contribution >= 4 is 45.0 Å². The van der Waals surface area contributed by atoms with Gasteiger partial charge in [0.05, 0.1) is 16.6 Å². The van der Waals surface area contributed by atoms with Crippen molar-refractivity contribution in [2.24, 2.45) is 0 Å². The van der Waals surface area contributed by atoms with Crippen molar-refractivity contribution in [3.05, 3.63) is 63.9 Å². The Morgan fingerprint density at radius 2 is 1.91 bits per heavy atom. The number of rotatable bonds is 4. The third kappa shape index (κ3) is 3.72. The zero-order valence-electron chi connectivity index (χ0n) is 12.0. The fourth-order valence-electron chi connectivity index (χ4n) is 2.07. The van der Waals surface area contributed by atoms with E-state index in [9.17, 15) is 9.59 Å². The molecule has 0 aliphatic heterocycles. The van der Waals surface area contributed by atoms with Crippen LogP contribution in [0.3, 0.4) is 0 Å². The average molecular weight is 349 g/mol. The van der Waals surface area contributed by atoms with Crippen molar-refractivity contribution < 1.29 is 9.53 Å². The van der Waals surface area contributed by atoms with E-state index in [1.807, 2.05) is 18.2 Å². The number of hydrogen-bond donors (Lipinski definition) is 1. The number of nitrogens with one attached hydrogen (secondary N) is 1. The van der Waals surface area contributed by atoms with Gasteiger partial charge < -0.3 is 4.74 Å². The maximum atomic E-state index is 12.1. The van der Waals surface area contributed by atoms with Crippen molar-refractivity contribution in [2.75, 3.05) is 11.9 Å². The Hall–Kier alpha value is -2.31. The lowest BCUT2D eigenvalue weighted by Crippen LogP contribution is -2.20. The second-order valence-electron chi connectivity index (χ2n) is 4.76. The standard InChI is InChI=1S/C16H13ClN2O3S/c17-11-5-7-12(8-6-11)18-16(21)22-10-9-19-15(20)13-3-1-2-4-14(13)23-19/h1-8H,9-10H2,(H,18,21). The van der Waals surface area contributed by atoms with E-state index in [0.29, 0.717) is 22.6 Å². The van der Waals surface area contributed by atoms with Crippen molar-refractivity contribution in [3.8, 4) is 0 Å². The van der Waals surface area contributed by atoms with Gasteiger partial charge in [0.1, 0.15) is 6.61 Å². The fraction of sp³-hybridized carbons (Fsp3) is 0.125. The molecule has 7 heteroatoms. The van der Waals surface area contributed by atoms with Gasteiger partial charge in [-0.15, -0.1) is 0 Å². The first-order valence-corrected chi connectivity index (χ1v) is 8.07. The lowest BCUT2D eigenvalue weighted by Gasteiger charge is -2.07. The van der Waals surface area contributed by atoms with Crippen LogP contribution < -0.4 is 10.9 Å². The molecule has 3 rings (SSSR count). The highest BCUT2D eigenvalue weighted by atomic mass is 35.5. The Bertz CT molecular complexity index is 886. The molecular formula is C16H13ClN2O3S. The van der Waals surface area contributed by atoms with E-state index in [1.54, 1.807) is 34.3 Å². The summed E-state index contributed by atoms with van der Waals surface area (Å²) in [6.07, 6.45) is -0.568. The molecule has 0 fully saturated rings. The minimum atomic E-state index is -0.568. The fourth-order valence-corrected chi connectivity index (χ4v) is 3.18. The van der Waals surface area contributed by atoms with Crippen LogP contribution in [0.5, 0.6) is 0 Å². The number of anilines is 1. The smallest absolute Gasteiger partial charge is 0.411 e. The van der Waals surface area contributed by atoms with Gasteiger partial charge in [-0.2, -0.15) is 0 Å². The molecule has 0 aliphatic carbocycles. The van der Waals surface area contributed by atoms with Gasteiger partial charge in [-0.3, -0.25) is 14.1 Å². The number of ether oxygens (including phenoxy) is 1. The van der Waals surface area contributed by atoms with E-state index in [2.05, 4.69) is 5.32 Å². The van der Waals surface area contributed by atoms with Crippen molar-refractivity contribution in [1.82, 2.24) is 3.96 Å². The summed E-state index contributed by atoms with van der Waals surface area (Å²) in [4.78, 5) is 23.8. The lowest BCUT2D eigenvalue weighted by molar-refractivity contribution is 0.158. The Labute approximate surface area is 141 Å². The number of hydrogen-bond acceptors (Lipinski definition) is 4. The minimum absolute atomic E-state index is 0.0627. The maximum absolute atomic E-state index is 12.1. The third-order valence-corrected chi connectivity index (χ3v) is 4.54. The summed E-state index contributed by atoms with van der Waals surface area (Å²) < 4.78 is 7.60. The van der Waals surface area contributed by atoms with Crippen LogP contribution in [0.1, 0.15) is 0 Å². The summed E-state index contributed by atoms with van der Waals surface area (Å²) in [6, 6.07) is 14.1. The highest BCUT2D eigenvalue weighted by molar-refractivity contribution is 7.13. The van der Waals surface area contributed by atoms with Gasteiger partial charge in [0, 0.05) is 10.7 Å². The van der Waals surface area contributed by atoms with Gasteiger partial charge in [0.2, 0.25) is 0 Å². The SMILES string of the molecule is O=C(Nc1ccc(Cl)cc1)OCCn1sc2ccccc2c1=O. The highest BCUT2D eigenvalue weighted by Gasteiger charge is 2.08. The number of carbonyl (C=O) groups is 1. The molecule has 1 amide bonds. The molecule has 118 valence electrons. The topological polar surface area (TPSA) is 60.3 Å².